The number of rotatable bonds is 16. The van der Waals surface area contributed by atoms with E-state index >= 15 is 0 Å². The Hall–Kier alpha value is -2.69. The van der Waals surface area contributed by atoms with Gasteiger partial charge in [0.15, 0.2) is 0 Å². The molecule has 5 heteroatoms. The predicted octanol–water partition coefficient (Wildman–Crippen LogP) is 8.72. The van der Waals surface area contributed by atoms with Crippen LogP contribution in [0, 0.1) is 0 Å². The van der Waals surface area contributed by atoms with E-state index in [0.717, 1.165) is 24.3 Å². The molecule has 0 fully saturated rings. The molecule has 0 aliphatic heterocycles. The first-order chi connectivity index (χ1) is 15.7. The number of unbranched alkanes of at least 4 members (excludes halogenated alkanes) is 9. The maximum atomic E-state index is 12.0. The first kappa shape index (κ1) is 25.6. The van der Waals surface area contributed by atoms with Crippen LogP contribution in [0.25, 0.3) is 0 Å². The van der Waals surface area contributed by atoms with Gasteiger partial charge in [0.1, 0.15) is 11.5 Å². The molecule has 0 aliphatic rings. The van der Waals surface area contributed by atoms with E-state index in [1.165, 1.54) is 51.4 Å². The fourth-order valence-corrected chi connectivity index (χ4v) is 3.41. The lowest BCUT2D eigenvalue weighted by Crippen LogP contribution is -2.07. The molecule has 0 atom stereocenters. The lowest BCUT2D eigenvalue weighted by Gasteiger charge is -2.05. The van der Waals surface area contributed by atoms with E-state index in [0.29, 0.717) is 24.5 Å². The summed E-state index contributed by atoms with van der Waals surface area (Å²) in [4.78, 5) is 12.0. The molecule has 0 aromatic heterocycles. The number of benzene rings is 2. The van der Waals surface area contributed by atoms with Crippen LogP contribution in [0.2, 0.25) is 0 Å². The van der Waals surface area contributed by atoms with Gasteiger partial charge < -0.3 is 9.47 Å². The number of azo groups is 1. The molecule has 0 saturated carbocycles. The minimum absolute atomic E-state index is 0.173. The van der Waals surface area contributed by atoms with Crippen LogP contribution in [0.3, 0.4) is 0 Å². The molecule has 0 radical (unpaired) electrons. The number of hydrogen-bond acceptors (Lipinski definition) is 5. The predicted molar refractivity (Wildman–Crippen MR) is 130 cm³/mol. The normalized spacial score (nSPS) is 11.1. The van der Waals surface area contributed by atoms with Crippen LogP contribution < -0.4 is 9.47 Å². The van der Waals surface area contributed by atoms with Gasteiger partial charge in [0.2, 0.25) is 0 Å². The summed E-state index contributed by atoms with van der Waals surface area (Å²) in [6.45, 7) is 4.84. The summed E-state index contributed by atoms with van der Waals surface area (Å²) in [5, 5.41) is 8.44. The van der Waals surface area contributed by atoms with Crippen molar-refractivity contribution >= 4 is 17.3 Å². The minimum Gasteiger partial charge on any atom is -0.494 e. The Labute approximate surface area is 193 Å². The van der Waals surface area contributed by atoms with Crippen molar-refractivity contribution in [2.75, 3.05) is 6.61 Å². The smallest absolute Gasteiger partial charge is 0.311 e. The average molecular weight is 439 g/mol. The van der Waals surface area contributed by atoms with Gasteiger partial charge in [-0.1, -0.05) is 64.7 Å². The van der Waals surface area contributed by atoms with E-state index in [1.807, 2.05) is 31.2 Å². The second kappa shape index (κ2) is 16.0. The van der Waals surface area contributed by atoms with E-state index < -0.39 is 0 Å². The molecule has 0 unspecified atom stereocenters. The molecule has 0 N–H and O–H groups in total. The average Bonchev–Trinajstić information content (AvgIpc) is 2.81. The van der Waals surface area contributed by atoms with Gasteiger partial charge in [0.05, 0.1) is 18.0 Å². The Morgan fingerprint density at radius 3 is 1.62 bits per heavy atom. The van der Waals surface area contributed by atoms with E-state index in [4.69, 9.17) is 9.47 Å². The van der Waals surface area contributed by atoms with Crippen molar-refractivity contribution in [2.24, 2.45) is 10.2 Å². The second-order valence-corrected chi connectivity index (χ2v) is 8.03. The molecule has 0 aliphatic carbocycles. The summed E-state index contributed by atoms with van der Waals surface area (Å²) < 4.78 is 10.8. The van der Waals surface area contributed by atoms with Crippen LogP contribution in [0.1, 0.15) is 84.5 Å². The highest BCUT2D eigenvalue weighted by Crippen LogP contribution is 2.23. The van der Waals surface area contributed by atoms with Crippen LogP contribution >= 0.6 is 0 Å². The standard InChI is InChI=1S/C27H38N2O3/c1-3-5-6-7-8-9-10-11-12-13-14-27(30)32-26-21-17-24(18-22-26)29-28-23-15-19-25(20-16-23)31-4-2/h15-22H,3-14H2,1-2H3. The summed E-state index contributed by atoms with van der Waals surface area (Å²) in [5.41, 5.74) is 1.45. The highest BCUT2D eigenvalue weighted by Gasteiger charge is 2.05. The summed E-state index contributed by atoms with van der Waals surface area (Å²) in [6, 6.07) is 14.6. The Kier molecular flexibility index (Phi) is 12.8. The van der Waals surface area contributed by atoms with Crippen LogP contribution in [0.15, 0.2) is 58.8 Å². The zero-order valence-electron chi connectivity index (χ0n) is 19.7. The lowest BCUT2D eigenvalue weighted by atomic mass is 10.1. The topological polar surface area (TPSA) is 60.2 Å². The third-order valence-corrected chi connectivity index (χ3v) is 5.23. The van der Waals surface area contributed by atoms with Gasteiger partial charge in [-0.3, -0.25) is 4.79 Å². The van der Waals surface area contributed by atoms with E-state index in [-0.39, 0.29) is 5.97 Å². The fourth-order valence-electron chi connectivity index (χ4n) is 3.41. The number of esters is 1. The van der Waals surface area contributed by atoms with Crippen molar-refractivity contribution in [2.45, 2.75) is 84.5 Å². The molecule has 0 spiro atoms. The molecule has 2 aromatic rings. The molecule has 0 bridgehead atoms. The van der Waals surface area contributed by atoms with Gasteiger partial charge in [-0.15, -0.1) is 0 Å². The van der Waals surface area contributed by atoms with Crippen molar-refractivity contribution in [1.29, 1.82) is 0 Å². The van der Waals surface area contributed by atoms with Gasteiger partial charge in [-0.05, 0) is 61.9 Å². The minimum atomic E-state index is -0.173. The highest BCUT2D eigenvalue weighted by molar-refractivity contribution is 5.72. The van der Waals surface area contributed by atoms with Gasteiger partial charge in [0, 0.05) is 6.42 Å². The van der Waals surface area contributed by atoms with Gasteiger partial charge >= 0.3 is 5.97 Å². The van der Waals surface area contributed by atoms with Crippen LogP contribution in [0.4, 0.5) is 11.4 Å². The Morgan fingerprint density at radius 2 is 1.12 bits per heavy atom. The molecule has 0 saturated heterocycles. The van der Waals surface area contributed by atoms with Gasteiger partial charge in [0.25, 0.3) is 0 Å². The monoisotopic (exact) mass is 438 g/mol. The quantitative estimate of drug-likeness (QED) is 0.114. The zero-order valence-corrected chi connectivity index (χ0v) is 19.7. The van der Waals surface area contributed by atoms with Crippen LogP contribution in [-0.4, -0.2) is 12.6 Å². The molecular formula is C27H38N2O3. The number of nitrogens with zero attached hydrogens (tertiary/aromatic N) is 2. The third kappa shape index (κ3) is 11.1. The summed E-state index contributed by atoms with van der Waals surface area (Å²) in [5.74, 6) is 1.19. The van der Waals surface area contributed by atoms with Crippen LogP contribution in [-0.2, 0) is 4.79 Å². The molecule has 174 valence electrons. The molecule has 0 amide bonds. The van der Waals surface area contributed by atoms with Crippen LogP contribution in [0.5, 0.6) is 11.5 Å². The number of ether oxygens (including phenoxy) is 2. The zero-order chi connectivity index (χ0) is 22.9. The number of carbonyl (C=O) groups excluding carboxylic acids is 1. The van der Waals surface area contributed by atoms with Crippen molar-refractivity contribution in [3.63, 3.8) is 0 Å². The summed E-state index contributed by atoms with van der Waals surface area (Å²) >= 11 is 0. The Balaban J connectivity index is 1.61. The van der Waals surface area contributed by atoms with Gasteiger partial charge in [-0.2, -0.15) is 10.2 Å². The van der Waals surface area contributed by atoms with Crippen molar-refractivity contribution in [3.8, 4) is 11.5 Å². The van der Waals surface area contributed by atoms with E-state index in [2.05, 4.69) is 17.2 Å². The number of carbonyl (C=O) groups is 1. The second-order valence-electron chi connectivity index (χ2n) is 8.03. The lowest BCUT2D eigenvalue weighted by molar-refractivity contribution is -0.134. The maximum Gasteiger partial charge on any atom is 0.311 e. The molecule has 0 heterocycles. The summed E-state index contributed by atoms with van der Waals surface area (Å²) in [7, 11) is 0. The van der Waals surface area contributed by atoms with Crippen molar-refractivity contribution < 1.29 is 14.3 Å². The fraction of sp³-hybridized carbons (Fsp3) is 0.519. The maximum absolute atomic E-state index is 12.0. The SMILES string of the molecule is CCCCCCCCCCCCC(=O)Oc1ccc(N=Nc2ccc(OCC)cc2)cc1. The van der Waals surface area contributed by atoms with E-state index in [9.17, 15) is 4.79 Å². The molecular weight excluding hydrogens is 400 g/mol. The largest absolute Gasteiger partial charge is 0.494 e. The van der Waals surface area contributed by atoms with Crippen molar-refractivity contribution in [1.82, 2.24) is 0 Å². The Morgan fingerprint density at radius 1 is 0.656 bits per heavy atom. The molecule has 2 rings (SSSR count). The van der Waals surface area contributed by atoms with Gasteiger partial charge in [-0.25, -0.2) is 0 Å². The number of hydrogen-bond donors (Lipinski definition) is 0. The molecule has 2 aromatic carbocycles. The molecule has 5 nitrogen and oxygen atoms in total. The molecule has 32 heavy (non-hydrogen) atoms. The third-order valence-electron chi connectivity index (χ3n) is 5.23. The Bertz CT molecular complexity index is 786. The van der Waals surface area contributed by atoms with E-state index in [1.54, 1.807) is 24.3 Å². The first-order valence-electron chi connectivity index (χ1n) is 12.2. The first-order valence-corrected chi connectivity index (χ1v) is 12.2. The summed E-state index contributed by atoms with van der Waals surface area (Å²) in [6.07, 6.45) is 13.0. The highest BCUT2D eigenvalue weighted by atomic mass is 16.5. The van der Waals surface area contributed by atoms with Crippen molar-refractivity contribution in [3.05, 3.63) is 48.5 Å².